The first-order chi connectivity index (χ1) is 6.79. The van der Waals surface area contributed by atoms with E-state index in [4.69, 9.17) is 0 Å². The predicted octanol–water partition coefficient (Wildman–Crippen LogP) is 2.62. The van der Waals surface area contributed by atoms with Gasteiger partial charge in [0, 0.05) is 6.42 Å². The highest BCUT2D eigenvalue weighted by Crippen LogP contribution is 2.19. The standard InChI is InChI=1S/C12H23NO/c1-3-10-13(4-2)11-8-6-5-7-9-12(11)14/h11H,3-10H2,1-2H3. The second-order valence-electron chi connectivity index (χ2n) is 4.21. The van der Waals surface area contributed by atoms with E-state index in [0.717, 1.165) is 38.8 Å². The Kier molecular flexibility index (Phi) is 5.16. The van der Waals surface area contributed by atoms with Gasteiger partial charge in [-0.05, 0) is 32.4 Å². The molecule has 0 bridgehead atoms. The Morgan fingerprint density at radius 1 is 1.29 bits per heavy atom. The molecule has 1 rings (SSSR count). The minimum absolute atomic E-state index is 0.238. The number of rotatable bonds is 4. The zero-order chi connectivity index (χ0) is 10.4. The molecule has 0 aliphatic heterocycles. The van der Waals surface area contributed by atoms with Crippen LogP contribution in [0.1, 0.15) is 52.4 Å². The van der Waals surface area contributed by atoms with Crippen molar-refractivity contribution in [1.82, 2.24) is 4.90 Å². The zero-order valence-electron chi connectivity index (χ0n) is 9.59. The molecule has 1 aliphatic carbocycles. The Bertz CT molecular complexity index is 179. The average molecular weight is 197 g/mol. The molecule has 0 saturated heterocycles. The lowest BCUT2D eigenvalue weighted by molar-refractivity contribution is -0.124. The van der Waals surface area contributed by atoms with Crippen LogP contribution in [0, 0.1) is 0 Å². The van der Waals surface area contributed by atoms with Crippen LogP contribution in [0.25, 0.3) is 0 Å². The van der Waals surface area contributed by atoms with E-state index in [1.807, 2.05) is 0 Å². The quantitative estimate of drug-likeness (QED) is 0.646. The zero-order valence-corrected chi connectivity index (χ0v) is 9.59. The van der Waals surface area contributed by atoms with Gasteiger partial charge in [0.1, 0.15) is 5.78 Å². The van der Waals surface area contributed by atoms with E-state index in [1.54, 1.807) is 0 Å². The smallest absolute Gasteiger partial charge is 0.149 e. The summed E-state index contributed by atoms with van der Waals surface area (Å²) in [5, 5.41) is 0. The fourth-order valence-electron chi connectivity index (χ4n) is 2.35. The van der Waals surface area contributed by atoms with Crippen molar-refractivity contribution in [1.29, 1.82) is 0 Å². The van der Waals surface area contributed by atoms with E-state index in [-0.39, 0.29) is 6.04 Å². The van der Waals surface area contributed by atoms with Crippen molar-refractivity contribution in [3.8, 4) is 0 Å². The molecule has 2 heteroatoms. The Morgan fingerprint density at radius 2 is 2.07 bits per heavy atom. The van der Waals surface area contributed by atoms with E-state index in [1.165, 1.54) is 12.8 Å². The third kappa shape index (κ3) is 3.09. The summed E-state index contributed by atoms with van der Waals surface area (Å²) < 4.78 is 0. The van der Waals surface area contributed by atoms with Crippen molar-refractivity contribution >= 4 is 5.78 Å². The van der Waals surface area contributed by atoms with E-state index >= 15 is 0 Å². The lowest BCUT2D eigenvalue weighted by Gasteiger charge is -2.28. The summed E-state index contributed by atoms with van der Waals surface area (Å²) in [6.45, 7) is 6.44. The van der Waals surface area contributed by atoms with E-state index in [2.05, 4.69) is 18.7 Å². The van der Waals surface area contributed by atoms with Crippen LogP contribution >= 0.6 is 0 Å². The lowest BCUT2D eigenvalue weighted by Crippen LogP contribution is -2.40. The summed E-state index contributed by atoms with van der Waals surface area (Å²) in [7, 11) is 0. The molecule has 1 saturated carbocycles. The summed E-state index contributed by atoms with van der Waals surface area (Å²) in [4.78, 5) is 14.2. The molecule has 1 atom stereocenters. The van der Waals surface area contributed by atoms with Crippen molar-refractivity contribution in [2.24, 2.45) is 0 Å². The number of hydrogen-bond donors (Lipinski definition) is 0. The van der Waals surface area contributed by atoms with Crippen molar-refractivity contribution in [3.05, 3.63) is 0 Å². The molecule has 14 heavy (non-hydrogen) atoms. The fraction of sp³-hybridized carbons (Fsp3) is 0.917. The second-order valence-corrected chi connectivity index (χ2v) is 4.21. The van der Waals surface area contributed by atoms with Crippen LogP contribution in [-0.2, 0) is 4.79 Å². The van der Waals surface area contributed by atoms with Gasteiger partial charge in [-0.25, -0.2) is 0 Å². The Balaban J connectivity index is 2.55. The number of hydrogen-bond acceptors (Lipinski definition) is 2. The highest BCUT2D eigenvalue weighted by molar-refractivity contribution is 5.84. The van der Waals surface area contributed by atoms with E-state index < -0.39 is 0 Å². The van der Waals surface area contributed by atoms with Gasteiger partial charge in [0.15, 0.2) is 0 Å². The minimum Gasteiger partial charge on any atom is -0.298 e. The fourth-order valence-corrected chi connectivity index (χ4v) is 2.35. The molecule has 0 radical (unpaired) electrons. The minimum atomic E-state index is 0.238. The van der Waals surface area contributed by atoms with Gasteiger partial charge in [-0.3, -0.25) is 9.69 Å². The summed E-state index contributed by atoms with van der Waals surface area (Å²) in [6.07, 6.45) is 6.64. The maximum absolute atomic E-state index is 11.8. The van der Waals surface area contributed by atoms with Crippen molar-refractivity contribution in [2.45, 2.75) is 58.4 Å². The first-order valence-corrected chi connectivity index (χ1v) is 6.06. The number of carbonyl (C=O) groups excluding carboxylic acids is 1. The highest BCUT2D eigenvalue weighted by Gasteiger charge is 2.25. The van der Waals surface area contributed by atoms with Crippen LogP contribution in [0.3, 0.4) is 0 Å². The third-order valence-electron chi connectivity index (χ3n) is 3.13. The van der Waals surface area contributed by atoms with E-state index in [0.29, 0.717) is 5.78 Å². The van der Waals surface area contributed by atoms with Crippen molar-refractivity contribution in [2.75, 3.05) is 13.1 Å². The molecule has 2 nitrogen and oxygen atoms in total. The first kappa shape index (κ1) is 11.7. The van der Waals surface area contributed by atoms with Crippen molar-refractivity contribution in [3.63, 3.8) is 0 Å². The molecule has 0 aromatic heterocycles. The van der Waals surface area contributed by atoms with Crippen LogP contribution in [0.5, 0.6) is 0 Å². The topological polar surface area (TPSA) is 20.3 Å². The molecule has 0 amide bonds. The average Bonchev–Trinajstić information content (AvgIpc) is 2.40. The summed E-state index contributed by atoms with van der Waals surface area (Å²) >= 11 is 0. The van der Waals surface area contributed by atoms with Crippen molar-refractivity contribution < 1.29 is 4.79 Å². The van der Waals surface area contributed by atoms with Gasteiger partial charge in [-0.1, -0.05) is 26.7 Å². The summed E-state index contributed by atoms with van der Waals surface area (Å²) in [6, 6.07) is 0.238. The molecule has 1 unspecified atom stereocenters. The second kappa shape index (κ2) is 6.18. The van der Waals surface area contributed by atoms with Crippen LogP contribution in [-0.4, -0.2) is 29.8 Å². The lowest BCUT2D eigenvalue weighted by atomic mass is 10.1. The van der Waals surface area contributed by atoms with Crippen LogP contribution < -0.4 is 0 Å². The number of nitrogens with zero attached hydrogens (tertiary/aromatic N) is 1. The Hall–Kier alpha value is -0.370. The maximum atomic E-state index is 11.8. The van der Waals surface area contributed by atoms with Gasteiger partial charge in [0.05, 0.1) is 6.04 Å². The molecular weight excluding hydrogens is 174 g/mol. The molecule has 1 fully saturated rings. The molecule has 0 spiro atoms. The SMILES string of the molecule is CCCN(CC)C1CCCCCC1=O. The molecule has 0 aromatic carbocycles. The molecule has 0 heterocycles. The van der Waals surface area contributed by atoms with Gasteiger partial charge in [0.25, 0.3) is 0 Å². The maximum Gasteiger partial charge on any atom is 0.149 e. The van der Waals surface area contributed by atoms with Gasteiger partial charge in [0.2, 0.25) is 0 Å². The van der Waals surface area contributed by atoms with Gasteiger partial charge < -0.3 is 0 Å². The van der Waals surface area contributed by atoms with Gasteiger partial charge in [-0.15, -0.1) is 0 Å². The molecular formula is C12H23NO. The summed E-state index contributed by atoms with van der Waals surface area (Å²) in [5.41, 5.74) is 0. The first-order valence-electron chi connectivity index (χ1n) is 6.06. The normalized spacial score (nSPS) is 23.9. The molecule has 82 valence electrons. The Morgan fingerprint density at radius 3 is 2.71 bits per heavy atom. The highest BCUT2D eigenvalue weighted by atomic mass is 16.1. The van der Waals surface area contributed by atoms with Crippen LogP contribution in [0.4, 0.5) is 0 Å². The number of Topliss-reactive ketones (excluding diaryl/α,β-unsaturated/α-hetero) is 1. The number of carbonyl (C=O) groups is 1. The van der Waals surface area contributed by atoms with Crippen LogP contribution in [0.2, 0.25) is 0 Å². The van der Waals surface area contributed by atoms with Gasteiger partial charge >= 0.3 is 0 Å². The molecule has 1 aliphatic rings. The van der Waals surface area contributed by atoms with Crippen LogP contribution in [0.15, 0.2) is 0 Å². The Labute approximate surface area is 87.7 Å². The molecule has 0 N–H and O–H groups in total. The van der Waals surface area contributed by atoms with Gasteiger partial charge in [-0.2, -0.15) is 0 Å². The predicted molar refractivity (Wildman–Crippen MR) is 59.4 cm³/mol. The summed E-state index contributed by atoms with van der Waals surface area (Å²) in [5.74, 6) is 0.484. The molecule has 0 aromatic rings. The number of ketones is 1. The third-order valence-corrected chi connectivity index (χ3v) is 3.13. The largest absolute Gasteiger partial charge is 0.298 e. The monoisotopic (exact) mass is 197 g/mol. The number of likely N-dealkylation sites (N-methyl/N-ethyl adjacent to an activating group) is 1. The van der Waals surface area contributed by atoms with E-state index in [9.17, 15) is 4.79 Å².